The second-order valence-electron chi connectivity index (χ2n) is 14.2. The molecule has 2 aliphatic heterocycles. The first-order valence-electron chi connectivity index (χ1n) is 16.1. The smallest absolute Gasteiger partial charge is 0.330 e. The number of carbonyl (C=O) groups excluding carboxylic acids is 1. The van der Waals surface area contributed by atoms with E-state index in [0.717, 1.165) is 12.5 Å². The van der Waals surface area contributed by atoms with E-state index in [4.69, 9.17) is 23.7 Å². The van der Waals surface area contributed by atoms with Crippen molar-refractivity contribution >= 4 is 5.97 Å². The summed E-state index contributed by atoms with van der Waals surface area (Å²) in [5.74, 6) is -0.728. The minimum atomic E-state index is -1.47. The van der Waals surface area contributed by atoms with Gasteiger partial charge in [0.1, 0.15) is 48.8 Å². The molecule has 0 aromatic heterocycles. The van der Waals surface area contributed by atoms with Gasteiger partial charge in [-0.3, -0.25) is 0 Å². The molecule has 11 heteroatoms. The second-order valence-corrected chi connectivity index (χ2v) is 14.2. The maximum absolute atomic E-state index is 12.1. The van der Waals surface area contributed by atoms with E-state index in [1.165, 1.54) is 0 Å². The zero-order chi connectivity index (χ0) is 33.8. The molecule has 0 aromatic rings. The van der Waals surface area contributed by atoms with Crippen molar-refractivity contribution in [1.29, 1.82) is 0 Å². The van der Waals surface area contributed by atoms with Crippen molar-refractivity contribution in [3.8, 4) is 0 Å². The molecule has 2 heterocycles. The van der Waals surface area contributed by atoms with Crippen LogP contribution in [0.15, 0.2) is 12.7 Å². The minimum Gasteiger partial charge on any atom is -0.454 e. The van der Waals surface area contributed by atoms with E-state index in [0.29, 0.717) is 19.3 Å². The summed E-state index contributed by atoms with van der Waals surface area (Å²) < 4.78 is 30.7. The van der Waals surface area contributed by atoms with Gasteiger partial charge in [-0.05, 0) is 51.9 Å². The van der Waals surface area contributed by atoms with Crippen LogP contribution < -0.4 is 0 Å². The van der Waals surface area contributed by atoms with E-state index in [1.54, 1.807) is 0 Å². The molecule has 0 bridgehead atoms. The van der Waals surface area contributed by atoms with Crippen molar-refractivity contribution < 1.29 is 54.0 Å². The summed E-state index contributed by atoms with van der Waals surface area (Å²) in [7, 11) is 0. The lowest BCUT2D eigenvalue weighted by atomic mass is 9.64. The van der Waals surface area contributed by atoms with Crippen LogP contribution >= 0.6 is 0 Å². The Morgan fingerprint density at radius 2 is 1.23 bits per heavy atom. The fourth-order valence-electron chi connectivity index (χ4n) is 6.06. The molecule has 0 radical (unpaired) electrons. The fourth-order valence-corrected chi connectivity index (χ4v) is 6.06. The van der Waals surface area contributed by atoms with Gasteiger partial charge in [-0.1, -0.05) is 55.0 Å². The normalized spacial score (nSPS) is 36.2. The van der Waals surface area contributed by atoms with Gasteiger partial charge in [0, 0.05) is 11.5 Å². The summed E-state index contributed by atoms with van der Waals surface area (Å²) in [6.07, 6.45) is -8.43. The molecule has 0 saturated carbocycles. The van der Waals surface area contributed by atoms with Crippen LogP contribution in [-0.4, -0.2) is 117 Å². The van der Waals surface area contributed by atoms with Gasteiger partial charge in [0.25, 0.3) is 0 Å². The summed E-state index contributed by atoms with van der Waals surface area (Å²) in [5.41, 5.74) is -2.88. The molecule has 44 heavy (non-hydrogen) atoms. The van der Waals surface area contributed by atoms with Crippen molar-refractivity contribution in [2.24, 2.45) is 10.8 Å². The molecule has 2 rings (SSSR count). The Morgan fingerprint density at radius 1 is 0.705 bits per heavy atom. The van der Waals surface area contributed by atoms with Crippen LogP contribution in [-0.2, 0) is 28.5 Å². The number of aliphatic hydroxyl groups excluding tert-OH is 5. The van der Waals surface area contributed by atoms with Crippen LogP contribution in [0.5, 0.6) is 0 Å². The average molecular weight is 633 g/mol. The SMILES string of the molecule is C=CC(=O)OC1C(O)C(O)C(COC(C)(CC)C(C)(CC)C2OC(COC(C)(C)CC)C(O)C(O)C2O)OC1C(C)(C)CC. The molecule has 0 aliphatic carbocycles. The molecule has 5 N–H and O–H groups in total. The Morgan fingerprint density at radius 3 is 1.70 bits per heavy atom. The topological polar surface area (TPSA) is 164 Å². The third kappa shape index (κ3) is 8.04. The van der Waals surface area contributed by atoms with Gasteiger partial charge in [0.05, 0.1) is 30.5 Å². The molecule has 2 fully saturated rings. The monoisotopic (exact) mass is 632 g/mol. The Balaban J connectivity index is 2.36. The molecule has 0 spiro atoms. The number of hydrogen-bond acceptors (Lipinski definition) is 11. The fraction of sp³-hybridized carbons (Fsp3) is 0.909. The molecule has 12 unspecified atom stereocenters. The van der Waals surface area contributed by atoms with E-state index in [2.05, 4.69) is 6.58 Å². The highest BCUT2D eigenvalue weighted by atomic mass is 16.6. The van der Waals surface area contributed by atoms with E-state index in [9.17, 15) is 30.3 Å². The third-order valence-corrected chi connectivity index (χ3v) is 10.8. The molecule has 2 aliphatic rings. The summed E-state index contributed by atoms with van der Waals surface area (Å²) in [6.45, 7) is 22.7. The number of rotatable bonds is 15. The molecule has 258 valence electrons. The van der Waals surface area contributed by atoms with Crippen LogP contribution in [0.1, 0.15) is 94.9 Å². The third-order valence-electron chi connectivity index (χ3n) is 10.8. The molecule has 0 amide bonds. The van der Waals surface area contributed by atoms with Gasteiger partial charge in [-0.15, -0.1) is 0 Å². The van der Waals surface area contributed by atoms with Crippen LogP contribution in [0.2, 0.25) is 0 Å². The highest BCUT2D eigenvalue weighted by molar-refractivity contribution is 5.81. The summed E-state index contributed by atoms with van der Waals surface area (Å²) in [5, 5.41) is 55.1. The first kappa shape index (κ1) is 39.0. The van der Waals surface area contributed by atoms with Gasteiger partial charge in [0.15, 0.2) is 6.10 Å². The van der Waals surface area contributed by atoms with Crippen LogP contribution in [0.25, 0.3) is 0 Å². The van der Waals surface area contributed by atoms with E-state index >= 15 is 0 Å². The van der Waals surface area contributed by atoms with Crippen molar-refractivity contribution in [3.63, 3.8) is 0 Å². The quantitative estimate of drug-likeness (QED) is 0.133. The molecular formula is C33H60O11. The van der Waals surface area contributed by atoms with Gasteiger partial charge < -0.3 is 49.2 Å². The van der Waals surface area contributed by atoms with E-state index in [-0.39, 0.29) is 13.2 Å². The summed E-state index contributed by atoms with van der Waals surface area (Å²) in [6, 6.07) is 0. The number of hydrogen-bond donors (Lipinski definition) is 5. The zero-order valence-corrected chi connectivity index (χ0v) is 28.5. The highest BCUT2D eigenvalue weighted by Crippen LogP contribution is 2.48. The van der Waals surface area contributed by atoms with E-state index < -0.39 is 89.0 Å². The maximum Gasteiger partial charge on any atom is 0.330 e. The Bertz CT molecular complexity index is 941. The molecule has 0 aromatic carbocycles. The minimum absolute atomic E-state index is 0.0258. The van der Waals surface area contributed by atoms with Crippen molar-refractivity contribution in [1.82, 2.24) is 0 Å². The number of carbonyl (C=O) groups is 1. The first-order valence-corrected chi connectivity index (χ1v) is 16.1. The number of aliphatic hydroxyl groups is 5. The van der Waals surface area contributed by atoms with Crippen LogP contribution in [0.3, 0.4) is 0 Å². The Hall–Kier alpha value is -1.15. The summed E-state index contributed by atoms with van der Waals surface area (Å²) in [4.78, 5) is 12.1. The van der Waals surface area contributed by atoms with Gasteiger partial charge in [-0.25, -0.2) is 4.79 Å². The lowest BCUT2D eigenvalue weighted by molar-refractivity contribution is -0.299. The lowest BCUT2D eigenvalue weighted by Crippen LogP contribution is -2.67. The highest BCUT2D eigenvalue weighted by Gasteiger charge is 2.58. The predicted molar refractivity (Wildman–Crippen MR) is 165 cm³/mol. The van der Waals surface area contributed by atoms with Crippen molar-refractivity contribution in [2.75, 3.05) is 13.2 Å². The van der Waals surface area contributed by atoms with E-state index in [1.807, 2.05) is 69.2 Å². The Kier molecular flexibility index (Phi) is 13.5. The van der Waals surface area contributed by atoms with Gasteiger partial charge in [-0.2, -0.15) is 0 Å². The number of ether oxygens (including phenoxy) is 5. The van der Waals surface area contributed by atoms with Crippen molar-refractivity contribution in [3.05, 3.63) is 12.7 Å². The second kappa shape index (κ2) is 15.2. The molecular weight excluding hydrogens is 572 g/mol. The zero-order valence-electron chi connectivity index (χ0n) is 28.5. The molecule has 12 atom stereocenters. The average Bonchev–Trinajstić information content (AvgIpc) is 3.00. The molecule has 2 saturated heterocycles. The predicted octanol–water partition coefficient (Wildman–Crippen LogP) is 2.67. The lowest BCUT2D eigenvalue weighted by Gasteiger charge is -2.55. The largest absolute Gasteiger partial charge is 0.454 e. The standard InChI is InChI=1S/C33H60O11/c1-12-21(34)44-27-25(38)23(36)20(43-29(27)30(6,7)13-2)18-41-33(11,16-5)32(10,15-4)28-26(39)24(37)22(35)19(42-28)17-40-31(8,9)14-3/h12,19-20,22-29,35-39H,1,13-18H2,2-11H3. The Labute approximate surface area is 263 Å². The van der Waals surface area contributed by atoms with Crippen LogP contribution in [0, 0.1) is 10.8 Å². The van der Waals surface area contributed by atoms with Crippen LogP contribution in [0.4, 0.5) is 0 Å². The summed E-state index contributed by atoms with van der Waals surface area (Å²) >= 11 is 0. The number of esters is 1. The first-order chi connectivity index (χ1) is 20.3. The van der Waals surface area contributed by atoms with Gasteiger partial charge in [0.2, 0.25) is 0 Å². The maximum atomic E-state index is 12.1. The van der Waals surface area contributed by atoms with Gasteiger partial charge >= 0.3 is 5.97 Å². The van der Waals surface area contributed by atoms with Crippen molar-refractivity contribution in [2.45, 2.75) is 167 Å². The molecule has 11 nitrogen and oxygen atoms in total.